The van der Waals surface area contributed by atoms with Crippen LogP contribution >= 0.6 is 0 Å². The van der Waals surface area contributed by atoms with Crippen molar-refractivity contribution in [2.75, 3.05) is 30.1 Å². The number of fused-ring (bicyclic) bond motifs is 1. The molecule has 26 heavy (non-hydrogen) atoms. The minimum absolute atomic E-state index is 0.204. The summed E-state index contributed by atoms with van der Waals surface area (Å²) in [6.45, 7) is 6.17. The molecular formula is C19H22N4O3. The molecule has 3 heterocycles. The molecule has 0 aliphatic carbocycles. The van der Waals surface area contributed by atoms with Crippen molar-refractivity contribution in [1.82, 2.24) is 9.97 Å². The molecule has 136 valence electrons. The van der Waals surface area contributed by atoms with Crippen LogP contribution in [-0.2, 0) is 0 Å². The normalized spacial score (nSPS) is 18.7. The number of aryl methyl sites for hydroxylation is 1. The van der Waals surface area contributed by atoms with Gasteiger partial charge in [0, 0.05) is 30.5 Å². The Morgan fingerprint density at radius 3 is 2.92 bits per heavy atom. The molecule has 1 amide bonds. The van der Waals surface area contributed by atoms with Crippen LogP contribution in [0.3, 0.4) is 0 Å². The van der Waals surface area contributed by atoms with E-state index in [1.807, 2.05) is 6.92 Å². The van der Waals surface area contributed by atoms with Crippen molar-refractivity contribution in [2.45, 2.75) is 26.7 Å². The van der Waals surface area contributed by atoms with Gasteiger partial charge in [-0.2, -0.15) is 0 Å². The third kappa shape index (κ3) is 3.42. The molecule has 1 saturated heterocycles. The highest BCUT2D eigenvalue weighted by Crippen LogP contribution is 2.34. The van der Waals surface area contributed by atoms with E-state index in [1.165, 1.54) is 6.42 Å². The Balaban J connectivity index is 1.54. The third-order valence-electron chi connectivity index (χ3n) is 4.65. The first-order valence-corrected chi connectivity index (χ1v) is 8.90. The summed E-state index contributed by atoms with van der Waals surface area (Å²) in [5.41, 5.74) is 1.79. The zero-order valence-electron chi connectivity index (χ0n) is 15.0. The minimum atomic E-state index is -0.263. The molecule has 1 aromatic heterocycles. The molecule has 1 N–H and O–H groups in total. The highest BCUT2D eigenvalue weighted by atomic mass is 16.7. The summed E-state index contributed by atoms with van der Waals surface area (Å²) in [6, 6.07) is 7.02. The van der Waals surface area contributed by atoms with Crippen LogP contribution in [0.2, 0.25) is 0 Å². The van der Waals surface area contributed by atoms with Crippen molar-refractivity contribution in [3.63, 3.8) is 0 Å². The number of benzene rings is 1. The molecule has 1 fully saturated rings. The van der Waals surface area contributed by atoms with Gasteiger partial charge in [-0.1, -0.05) is 6.92 Å². The molecule has 0 radical (unpaired) electrons. The fourth-order valence-corrected chi connectivity index (χ4v) is 3.35. The lowest BCUT2D eigenvalue weighted by Gasteiger charge is -2.31. The molecule has 0 bridgehead atoms. The predicted octanol–water partition coefficient (Wildman–Crippen LogP) is 3.00. The van der Waals surface area contributed by atoms with Gasteiger partial charge >= 0.3 is 0 Å². The van der Waals surface area contributed by atoms with Crippen molar-refractivity contribution < 1.29 is 14.3 Å². The van der Waals surface area contributed by atoms with Crippen LogP contribution in [0.5, 0.6) is 11.5 Å². The Hall–Kier alpha value is -2.83. The van der Waals surface area contributed by atoms with E-state index in [0.717, 1.165) is 25.2 Å². The third-order valence-corrected chi connectivity index (χ3v) is 4.65. The second-order valence-electron chi connectivity index (χ2n) is 6.91. The van der Waals surface area contributed by atoms with Gasteiger partial charge in [0.2, 0.25) is 12.7 Å². The average molecular weight is 354 g/mol. The SMILES string of the molecule is Cc1cc(C(=O)Nc2ccc3c(c2)OCO3)nc(N2CCCC(C)C2)n1. The van der Waals surface area contributed by atoms with Crippen molar-refractivity contribution in [1.29, 1.82) is 0 Å². The Morgan fingerprint density at radius 1 is 1.23 bits per heavy atom. The van der Waals surface area contributed by atoms with Crippen molar-refractivity contribution in [2.24, 2.45) is 5.92 Å². The molecule has 1 aromatic carbocycles. The number of hydrogen-bond acceptors (Lipinski definition) is 6. The Kier molecular flexibility index (Phi) is 4.36. The van der Waals surface area contributed by atoms with E-state index < -0.39 is 0 Å². The van der Waals surface area contributed by atoms with Gasteiger partial charge in [0.05, 0.1) is 0 Å². The number of rotatable bonds is 3. The molecule has 2 aromatic rings. The highest BCUT2D eigenvalue weighted by Gasteiger charge is 2.21. The summed E-state index contributed by atoms with van der Waals surface area (Å²) in [5.74, 6) is 2.29. The van der Waals surface area contributed by atoms with Crippen LogP contribution in [0, 0.1) is 12.8 Å². The number of carbonyl (C=O) groups excluding carboxylic acids is 1. The van der Waals surface area contributed by atoms with Gasteiger partial charge in [-0.25, -0.2) is 9.97 Å². The largest absolute Gasteiger partial charge is 0.454 e. The van der Waals surface area contributed by atoms with E-state index in [0.29, 0.717) is 34.7 Å². The molecular weight excluding hydrogens is 332 g/mol. The maximum Gasteiger partial charge on any atom is 0.274 e. The second-order valence-corrected chi connectivity index (χ2v) is 6.91. The first-order chi connectivity index (χ1) is 12.6. The Labute approximate surface area is 152 Å². The van der Waals surface area contributed by atoms with Crippen LogP contribution in [-0.4, -0.2) is 35.8 Å². The van der Waals surface area contributed by atoms with Crippen LogP contribution in [0.15, 0.2) is 24.3 Å². The summed E-state index contributed by atoms with van der Waals surface area (Å²) < 4.78 is 10.6. The van der Waals surface area contributed by atoms with Crippen molar-refractivity contribution in [3.8, 4) is 11.5 Å². The van der Waals surface area contributed by atoms with Gasteiger partial charge in [-0.05, 0) is 43.9 Å². The number of ether oxygens (including phenoxy) is 2. The molecule has 2 aliphatic heterocycles. The number of piperidine rings is 1. The number of aromatic nitrogens is 2. The van der Waals surface area contributed by atoms with Crippen LogP contribution in [0.4, 0.5) is 11.6 Å². The zero-order chi connectivity index (χ0) is 18.1. The van der Waals surface area contributed by atoms with E-state index in [9.17, 15) is 4.79 Å². The number of nitrogens with zero attached hydrogens (tertiary/aromatic N) is 3. The van der Waals surface area contributed by atoms with Crippen LogP contribution < -0.4 is 19.7 Å². The lowest BCUT2D eigenvalue weighted by atomic mass is 10.0. The highest BCUT2D eigenvalue weighted by molar-refractivity contribution is 6.03. The fraction of sp³-hybridized carbons (Fsp3) is 0.421. The number of anilines is 2. The summed E-state index contributed by atoms with van der Waals surface area (Å²) in [4.78, 5) is 23.9. The Morgan fingerprint density at radius 2 is 2.08 bits per heavy atom. The second kappa shape index (κ2) is 6.82. The quantitative estimate of drug-likeness (QED) is 0.913. The van der Waals surface area contributed by atoms with Gasteiger partial charge in [0.15, 0.2) is 11.5 Å². The molecule has 7 nitrogen and oxygen atoms in total. The lowest BCUT2D eigenvalue weighted by Crippen LogP contribution is -2.36. The standard InChI is InChI=1S/C19H22N4O3/c1-12-4-3-7-23(10-12)19-20-13(2)8-15(22-19)18(24)21-14-5-6-16-17(9-14)26-11-25-16/h5-6,8-9,12H,3-4,7,10-11H2,1-2H3,(H,21,24). The maximum atomic E-state index is 12.7. The lowest BCUT2D eigenvalue weighted by molar-refractivity contribution is 0.102. The molecule has 1 unspecified atom stereocenters. The molecule has 0 spiro atoms. The molecule has 4 rings (SSSR count). The number of amides is 1. The van der Waals surface area contributed by atoms with Gasteiger partial charge in [0.1, 0.15) is 5.69 Å². The van der Waals surface area contributed by atoms with Crippen LogP contribution in [0.25, 0.3) is 0 Å². The van der Waals surface area contributed by atoms with E-state index in [-0.39, 0.29) is 12.7 Å². The van der Waals surface area contributed by atoms with Gasteiger partial charge < -0.3 is 19.7 Å². The number of hydrogen-bond donors (Lipinski definition) is 1. The monoisotopic (exact) mass is 354 g/mol. The predicted molar refractivity (Wildman–Crippen MR) is 97.9 cm³/mol. The summed E-state index contributed by atoms with van der Waals surface area (Å²) >= 11 is 0. The molecule has 1 atom stereocenters. The first kappa shape index (κ1) is 16.6. The summed E-state index contributed by atoms with van der Waals surface area (Å²) in [7, 11) is 0. The maximum absolute atomic E-state index is 12.7. The molecule has 7 heteroatoms. The summed E-state index contributed by atoms with van der Waals surface area (Å²) in [6.07, 6.45) is 2.34. The summed E-state index contributed by atoms with van der Waals surface area (Å²) in [5, 5.41) is 2.87. The number of nitrogens with one attached hydrogen (secondary N) is 1. The van der Waals surface area contributed by atoms with E-state index >= 15 is 0 Å². The van der Waals surface area contributed by atoms with Crippen molar-refractivity contribution >= 4 is 17.5 Å². The first-order valence-electron chi connectivity index (χ1n) is 8.90. The number of carbonyl (C=O) groups is 1. The molecule has 0 saturated carbocycles. The minimum Gasteiger partial charge on any atom is -0.454 e. The fourth-order valence-electron chi connectivity index (χ4n) is 3.35. The Bertz CT molecular complexity index is 840. The van der Waals surface area contributed by atoms with E-state index in [4.69, 9.17) is 9.47 Å². The van der Waals surface area contributed by atoms with Crippen LogP contribution in [0.1, 0.15) is 35.9 Å². The zero-order valence-corrected chi connectivity index (χ0v) is 15.0. The smallest absolute Gasteiger partial charge is 0.274 e. The topological polar surface area (TPSA) is 76.6 Å². The van der Waals surface area contributed by atoms with E-state index in [2.05, 4.69) is 27.1 Å². The van der Waals surface area contributed by atoms with Gasteiger partial charge in [0.25, 0.3) is 5.91 Å². The van der Waals surface area contributed by atoms with Crippen molar-refractivity contribution in [3.05, 3.63) is 35.7 Å². The van der Waals surface area contributed by atoms with E-state index in [1.54, 1.807) is 24.3 Å². The molecule has 2 aliphatic rings. The van der Waals surface area contributed by atoms with Gasteiger partial charge in [-0.15, -0.1) is 0 Å². The average Bonchev–Trinajstić information content (AvgIpc) is 3.09. The van der Waals surface area contributed by atoms with Gasteiger partial charge in [-0.3, -0.25) is 4.79 Å².